The van der Waals surface area contributed by atoms with Crippen molar-refractivity contribution in [2.45, 2.75) is 19.6 Å². The Labute approximate surface area is 117 Å². The van der Waals surface area contributed by atoms with Crippen LogP contribution in [0.3, 0.4) is 0 Å². The Hall–Kier alpha value is -1.07. The second-order valence-corrected chi connectivity index (χ2v) is 5.96. The molecule has 1 heterocycles. The molecule has 1 fully saturated rings. The van der Waals surface area contributed by atoms with Crippen LogP contribution in [0.15, 0.2) is 18.2 Å². The van der Waals surface area contributed by atoms with Crippen LogP contribution >= 0.6 is 0 Å². The fourth-order valence-electron chi connectivity index (χ4n) is 2.63. The summed E-state index contributed by atoms with van der Waals surface area (Å²) in [5, 5.41) is 0. The standard InChI is InChI=1S/C14H22N2O2S/c1-3-15-7-9-16(10-8-15)14-6-4-5-13(12(14)2)11-19(17)18/h4-6,19H,3,7-11H2,1-2H3. The largest absolute Gasteiger partial charge is 0.369 e. The van der Waals surface area contributed by atoms with E-state index in [1.54, 1.807) is 0 Å². The third-order valence-electron chi connectivity index (χ3n) is 3.88. The third kappa shape index (κ3) is 3.48. The number of hydrogen-bond acceptors (Lipinski definition) is 4. The minimum Gasteiger partial charge on any atom is -0.369 e. The highest BCUT2D eigenvalue weighted by molar-refractivity contribution is 7.71. The first-order valence-electron chi connectivity index (χ1n) is 6.79. The third-order valence-corrected chi connectivity index (χ3v) is 4.48. The van der Waals surface area contributed by atoms with Crippen LogP contribution in [0.5, 0.6) is 0 Å². The van der Waals surface area contributed by atoms with Crippen molar-refractivity contribution >= 4 is 16.4 Å². The first-order chi connectivity index (χ1) is 9.11. The molecule has 0 radical (unpaired) electrons. The summed E-state index contributed by atoms with van der Waals surface area (Å²) < 4.78 is 21.8. The number of hydrogen-bond donors (Lipinski definition) is 1. The van der Waals surface area contributed by atoms with E-state index in [-0.39, 0.29) is 5.75 Å². The summed E-state index contributed by atoms with van der Waals surface area (Å²) in [4.78, 5) is 4.80. The van der Waals surface area contributed by atoms with Crippen LogP contribution in [-0.2, 0) is 16.5 Å². The van der Waals surface area contributed by atoms with Crippen LogP contribution in [0.4, 0.5) is 5.69 Å². The smallest absolute Gasteiger partial charge is 0.144 e. The SMILES string of the molecule is CCN1CCN(c2cccc(C[SH](=O)=O)c2C)CC1. The van der Waals surface area contributed by atoms with E-state index >= 15 is 0 Å². The minimum atomic E-state index is -2.36. The molecule has 1 aliphatic heterocycles. The molecule has 0 amide bonds. The van der Waals surface area contributed by atoms with Gasteiger partial charge in [0.05, 0.1) is 5.75 Å². The highest BCUT2D eigenvalue weighted by Crippen LogP contribution is 2.24. The summed E-state index contributed by atoms with van der Waals surface area (Å²) in [7, 11) is -2.36. The Morgan fingerprint density at radius 1 is 1.16 bits per heavy atom. The molecule has 2 rings (SSSR count). The summed E-state index contributed by atoms with van der Waals surface area (Å²) in [6.07, 6.45) is 0. The molecule has 0 aromatic heterocycles. The van der Waals surface area contributed by atoms with Gasteiger partial charge in [-0.2, -0.15) is 0 Å². The van der Waals surface area contributed by atoms with Gasteiger partial charge in [0.15, 0.2) is 0 Å². The molecule has 1 saturated heterocycles. The molecule has 0 N–H and O–H groups in total. The van der Waals surface area contributed by atoms with Crippen molar-refractivity contribution in [3.8, 4) is 0 Å². The maximum absolute atomic E-state index is 10.9. The maximum Gasteiger partial charge on any atom is 0.144 e. The zero-order valence-corrected chi connectivity index (χ0v) is 12.5. The number of anilines is 1. The molecule has 1 aromatic carbocycles. The van der Waals surface area contributed by atoms with Crippen LogP contribution < -0.4 is 4.90 Å². The quantitative estimate of drug-likeness (QED) is 0.844. The average Bonchev–Trinajstić information content (AvgIpc) is 2.41. The van der Waals surface area contributed by atoms with E-state index < -0.39 is 10.7 Å². The zero-order chi connectivity index (χ0) is 13.8. The Kier molecular flexibility index (Phi) is 4.82. The monoisotopic (exact) mass is 282 g/mol. The van der Waals surface area contributed by atoms with Gasteiger partial charge >= 0.3 is 0 Å². The fourth-order valence-corrected chi connectivity index (χ4v) is 3.25. The van der Waals surface area contributed by atoms with Gasteiger partial charge in [-0.1, -0.05) is 19.1 Å². The highest BCUT2D eigenvalue weighted by atomic mass is 32.2. The molecule has 0 atom stereocenters. The van der Waals surface area contributed by atoms with E-state index in [1.807, 2.05) is 19.1 Å². The van der Waals surface area contributed by atoms with E-state index in [1.165, 1.54) is 5.69 Å². The van der Waals surface area contributed by atoms with Crippen molar-refractivity contribution < 1.29 is 8.42 Å². The van der Waals surface area contributed by atoms with Gasteiger partial charge in [0, 0.05) is 31.9 Å². The minimum absolute atomic E-state index is 0.143. The van der Waals surface area contributed by atoms with Crippen molar-refractivity contribution in [1.29, 1.82) is 0 Å². The van der Waals surface area contributed by atoms with Crippen LogP contribution in [0.2, 0.25) is 0 Å². The summed E-state index contributed by atoms with van der Waals surface area (Å²) >= 11 is 0. The van der Waals surface area contributed by atoms with Crippen molar-refractivity contribution in [2.75, 3.05) is 37.6 Å². The summed E-state index contributed by atoms with van der Waals surface area (Å²) in [6.45, 7) is 9.50. The van der Waals surface area contributed by atoms with E-state index in [9.17, 15) is 8.42 Å². The number of nitrogens with zero attached hydrogens (tertiary/aromatic N) is 2. The molecule has 0 saturated carbocycles. The van der Waals surface area contributed by atoms with Crippen LogP contribution in [-0.4, -0.2) is 46.0 Å². The Morgan fingerprint density at radius 3 is 2.42 bits per heavy atom. The lowest BCUT2D eigenvalue weighted by Crippen LogP contribution is -2.46. The van der Waals surface area contributed by atoms with Crippen molar-refractivity contribution in [3.05, 3.63) is 29.3 Å². The number of thiol groups is 1. The van der Waals surface area contributed by atoms with Crippen molar-refractivity contribution in [3.63, 3.8) is 0 Å². The normalized spacial score (nSPS) is 17.1. The van der Waals surface area contributed by atoms with Gasteiger partial charge in [-0.15, -0.1) is 0 Å². The summed E-state index contributed by atoms with van der Waals surface area (Å²) in [5.74, 6) is 0.143. The van der Waals surface area contributed by atoms with Gasteiger partial charge in [-0.25, -0.2) is 8.42 Å². The second kappa shape index (κ2) is 6.39. The Balaban J connectivity index is 2.16. The lowest BCUT2D eigenvalue weighted by atomic mass is 10.1. The molecule has 1 aliphatic rings. The van der Waals surface area contributed by atoms with Crippen LogP contribution in [0.1, 0.15) is 18.1 Å². The van der Waals surface area contributed by atoms with Crippen LogP contribution in [0, 0.1) is 6.92 Å². The molecular formula is C14H22N2O2S. The van der Waals surface area contributed by atoms with Gasteiger partial charge < -0.3 is 9.80 Å². The predicted molar refractivity (Wildman–Crippen MR) is 79.5 cm³/mol. The first-order valence-corrected chi connectivity index (χ1v) is 8.15. The van der Waals surface area contributed by atoms with Gasteiger partial charge in [-0.3, -0.25) is 0 Å². The average molecular weight is 282 g/mol. The van der Waals surface area contributed by atoms with Gasteiger partial charge in [0.2, 0.25) is 0 Å². The molecule has 0 bridgehead atoms. The number of rotatable bonds is 4. The zero-order valence-electron chi connectivity index (χ0n) is 11.6. The molecule has 5 heteroatoms. The molecule has 4 nitrogen and oxygen atoms in total. The van der Waals surface area contributed by atoms with E-state index in [0.29, 0.717) is 0 Å². The van der Waals surface area contributed by atoms with E-state index in [2.05, 4.69) is 22.8 Å². The van der Waals surface area contributed by atoms with Crippen molar-refractivity contribution in [2.24, 2.45) is 0 Å². The fraction of sp³-hybridized carbons (Fsp3) is 0.571. The molecule has 0 aliphatic carbocycles. The molecule has 19 heavy (non-hydrogen) atoms. The molecule has 1 aromatic rings. The molecule has 0 spiro atoms. The number of piperazine rings is 1. The van der Waals surface area contributed by atoms with E-state index in [4.69, 9.17) is 0 Å². The lowest BCUT2D eigenvalue weighted by molar-refractivity contribution is 0.271. The summed E-state index contributed by atoms with van der Waals surface area (Å²) in [6, 6.07) is 5.97. The predicted octanol–water partition coefficient (Wildman–Crippen LogP) is 1.25. The topological polar surface area (TPSA) is 40.6 Å². The second-order valence-electron chi connectivity index (χ2n) is 4.97. The molecule has 0 unspecified atom stereocenters. The first kappa shape index (κ1) is 14.3. The van der Waals surface area contributed by atoms with E-state index in [0.717, 1.165) is 43.9 Å². The van der Waals surface area contributed by atoms with Gasteiger partial charge in [-0.05, 0) is 30.7 Å². The Bertz CT molecular complexity index is 498. The van der Waals surface area contributed by atoms with Gasteiger partial charge in [0.1, 0.15) is 10.7 Å². The maximum atomic E-state index is 10.9. The highest BCUT2D eigenvalue weighted by Gasteiger charge is 2.18. The Morgan fingerprint density at radius 2 is 1.84 bits per heavy atom. The number of benzene rings is 1. The summed E-state index contributed by atoms with van der Waals surface area (Å²) in [5.41, 5.74) is 3.21. The van der Waals surface area contributed by atoms with Gasteiger partial charge in [0.25, 0.3) is 0 Å². The van der Waals surface area contributed by atoms with Crippen molar-refractivity contribution in [1.82, 2.24) is 4.90 Å². The molecular weight excluding hydrogens is 260 g/mol. The van der Waals surface area contributed by atoms with Crippen LogP contribution in [0.25, 0.3) is 0 Å². The lowest BCUT2D eigenvalue weighted by Gasteiger charge is -2.36. The molecule has 106 valence electrons. The number of likely N-dealkylation sites (N-methyl/N-ethyl adjacent to an activating group) is 1.